The van der Waals surface area contributed by atoms with Crippen LogP contribution in [0, 0.1) is 0 Å². The summed E-state index contributed by atoms with van der Waals surface area (Å²) in [6, 6.07) is 7.36. The van der Waals surface area contributed by atoms with Gasteiger partial charge in [0.15, 0.2) is 0 Å². The molecule has 0 N–H and O–H groups in total. The molecule has 1 aliphatic carbocycles. The Bertz CT molecular complexity index is 924. The number of hydrogen-bond donors (Lipinski definition) is 0. The van der Waals surface area contributed by atoms with Gasteiger partial charge in [-0.1, -0.05) is 17.7 Å². The topological polar surface area (TPSA) is 52.7 Å². The van der Waals surface area contributed by atoms with Gasteiger partial charge in [-0.15, -0.1) is 0 Å². The molecule has 1 aromatic carbocycles. The van der Waals surface area contributed by atoms with Crippen molar-refractivity contribution in [2.24, 2.45) is 0 Å². The van der Waals surface area contributed by atoms with Gasteiger partial charge in [0, 0.05) is 22.9 Å². The van der Waals surface area contributed by atoms with Gasteiger partial charge in [-0.05, 0) is 38.0 Å². The van der Waals surface area contributed by atoms with E-state index in [1.54, 1.807) is 23.0 Å². The molecule has 1 saturated carbocycles. The number of aromatic nitrogens is 4. The molecular weight excluding hydrogens is 300 g/mol. The normalized spacial score (nSPS) is 14.6. The molecule has 0 atom stereocenters. The second-order valence-electron chi connectivity index (χ2n) is 5.58. The van der Waals surface area contributed by atoms with Crippen LogP contribution in [-0.2, 0) is 6.54 Å². The summed E-state index contributed by atoms with van der Waals surface area (Å²) < 4.78 is 3.20. The van der Waals surface area contributed by atoms with Gasteiger partial charge in [0.2, 0.25) is 0 Å². The van der Waals surface area contributed by atoms with Gasteiger partial charge in [-0.3, -0.25) is 4.79 Å². The van der Waals surface area contributed by atoms with Crippen LogP contribution in [0.3, 0.4) is 0 Å². The Kier molecular flexibility index (Phi) is 3.04. The van der Waals surface area contributed by atoms with Gasteiger partial charge in [-0.2, -0.15) is 10.2 Å². The lowest BCUT2D eigenvalue weighted by Crippen LogP contribution is -2.25. The Labute approximate surface area is 132 Å². The van der Waals surface area contributed by atoms with E-state index in [2.05, 4.69) is 10.2 Å². The highest BCUT2D eigenvalue weighted by atomic mass is 35.5. The molecule has 0 amide bonds. The van der Waals surface area contributed by atoms with Crippen molar-refractivity contribution in [3.63, 3.8) is 0 Å². The molecule has 6 heteroatoms. The van der Waals surface area contributed by atoms with Crippen LogP contribution in [0.25, 0.3) is 16.6 Å². The quantitative estimate of drug-likeness (QED) is 0.746. The fraction of sp³-hybridized carbons (Fsp3) is 0.312. The van der Waals surface area contributed by atoms with Crippen LogP contribution in [0.4, 0.5) is 0 Å². The zero-order valence-electron chi connectivity index (χ0n) is 12.2. The number of rotatable bonds is 3. The smallest absolute Gasteiger partial charge is 0.265 e. The Morgan fingerprint density at radius 3 is 2.86 bits per heavy atom. The van der Waals surface area contributed by atoms with E-state index in [4.69, 9.17) is 11.6 Å². The Morgan fingerprint density at radius 1 is 1.36 bits per heavy atom. The number of fused-ring (bicyclic) bond motifs is 1. The largest absolute Gasteiger partial charge is 0.293 e. The molecule has 112 valence electrons. The predicted octanol–water partition coefficient (Wildman–Crippen LogP) is 3.13. The molecule has 2 heterocycles. The maximum Gasteiger partial charge on any atom is 0.293 e. The van der Waals surface area contributed by atoms with Gasteiger partial charge in [0.25, 0.3) is 5.56 Å². The van der Waals surface area contributed by atoms with E-state index >= 15 is 0 Å². The monoisotopic (exact) mass is 314 g/mol. The Balaban J connectivity index is 2.05. The molecule has 0 spiro atoms. The molecule has 2 aromatic heterocycles. The third-order valence-electron chi connectivity index (χ3n) is 4.03. The van der Waals surface area contributed by atoms with Crippen molar-refractivity contribution < 1.29 is 0 Å². The average Bonchev–Trinajstić information content (AvgIpc) is 3.25. The van der Waals surface area contributed by atoms with E-state index in [1.807, 2.05) is 19.1 Å². The summed E-state index contributed by atoms with van der Waals surface area (Å²) in [6.45, 7) is 2.48. The lowest BCUT2D eigenvalue weighted by atomic mass is 10.2. The van der Waals surface area contributed by atoms with Crippen LogP contribution < -0.4 is 5.56 Å². The van der Waals surface area contributed by atoms with Crippen molar-refractivity contribution >= 4 is 22.5 Å². The molecule has 0 bridgehead atoms. The van der Waals surface area contributed by atoms with E-state index in [0.717, 1.165) is 29.6 Å². The Morgan fingerprint density at radius 2 is 2.18 bits per heavy atom. The fourth-order valence-electron chi connectivity index (χ4n) is 2.77. The minimum atomic E-state index is -0.112. The predicted molar refractivity (Wildman–Crippen MR) is 85.8 cm³/mol. The molecule has 0 aliphatic heterocycles. The lowest BCUT2D eigenvalue weighted by molar-refractivity contribution is 0.605. The van der Waals surface area contributed by atoms with Crippen LogP contribution in [0.15, 0.2) is 35.3 Å². The van der Waals surface area contributed by atoms with E-state index in [-0.39, 0.29) is 5.56 Å². The van der Waals surface area contributed by atoms with Crippen molar-refractivity contribution in [2.45, 2.75) is 32.2 Å². The third-order valence-corrected chi connectivity index (χ3v) is 4.26. The maximum atomic E-state index is 12.7. The molecule has 0 unspecified atom stereocenters. The van der Waals surface area contributed by atoms with E-state index in [0.29, 0.717) is 23.0 Å². The van der Waals surface area contributed by atoms with Crippen molar-refractivity contribution in [1.29, 1.82) is 0 Å². The summed E-state index contributed by atoms with van der Waals surface area (Å²) in [7, 11) is 0. The maximum absolute atomic E-state index is 12.7. The van der Waals surface area contributed by atoms with Gasteiger partial charge >= 0.3 is 0 Å². The molecule has 22 heavy (non-hydrogen) atoms. The minimum absolute atomic E-state index is 0.112. The van der Waals surface area contributed by atoms with Crippen LogP contribution in [0.2, 0.25) is 5.02 Å². The summed E-state index contributed by atoms with van der Waals surface area (Å²) in [5.41, 5.74) is 2.25. The van der Waals surface area contributed by atoms with Crippen LogP contribution in [0.1, 0.15) is 31.4 Å². The van der Waals surface area contributed by atoms with Crippen molar-refractivity contribution in [3.8, 4) is 5.69 Å². The molecular formula is C16H15ClN4O. The highest BCUT2D eigenvalue weighted by Crippen LogP contribution is 2.41. The second kappa shape index (κ2) is 4.95. The van der Waals surface area contributed by atoms with Crippen molar-refractivity contribution in [3.05, 3.63) is 51.5 Å². The van der Waals surface area contributed by atoms with E-state index < -0.39 is 0 Å². The molecule has 1 fully saturated rings. The van der Waals surface area contributed by atoms with Crippen molar-refractivity contribution in [1.82, 2.24) is 19.6 Å². The SMILES string of the molecule is CCn1nc(C2CC2)c2cnn(-c3cccc(Cl)c3)c2c1=O. The first-order valence-electron chi connectivity index (χ1n) is 7.43. The zero-order valence-corrected chi connectivity index (χ0v) is 12.9. The van der Waals surface area contributed by atoms with Crippen LogP contribution in [0.5, 0.6) is 0 Å². The first kappa shape index (κ1) is 13.5. The first-order chi connectivity index (χ1) is 10.7. The average molecular weight is 315 g/mol. The second-order valence-corrected chi connectivity index (χ2v) is 6.02. The number of halogens is 1. The third kappa shape index (κ3) is 2.04. The van der Waals surface area contributed by atoms with Gasteiger partial charge in [0.05, 0.1) is 17.6 Å². The number of nitrogens with zero attached hydrogens (tertiary/aromatic N) is 4. The van der Waals surface area contributed by atoms with Crippen molar-refractivity contribution in [2.75, 3.05) is 0 Å². The zero-order chi connectivity index (χ0) is 15.3. The Hall–Kier alpha value is -2.14. The molecule has 0 radical (unpaired) electrons. The van der Waals surface area contributed by atoms with Crippen LogP contribution in [-0.4, -0.2) is 19.6 Å². The first-order valence-corrected chi connectivity index (χ1v) is 7.81. The molecule has 5 nitrogen and oxygen atoms in total. The fourth-order valence-corrected chi connectivity index (χ4v) is 2.95. The standard InChI is InChI=1S/C16H15ClN4O/c1-2-20-16(22)15-13(14(19-20)10-6-7-10)9-18-21(15)12-5-3-4-11(17)8-12/h3-5,8-10H,2,6-7H2,1H3. The summed E-state index contributed by atoms with van der Waals surface area (Å²) >= 11 is 6.07. The number of benzene rings is 1. The van der Waals surface area contributed by atoms with E-state index in [9.17, 15) is 4.79 Å². The van der Waals surface area contributed by atoms with Gasteiger partial charge < -0.3 is 0 Å². The summed E-state index contributed by atoms with van der Waals surface area (Å²) in [5, 5.41) is 10.4. The van der Waals surface area contributed by atoms with Crippen LogP contribution >= 0.6 is 11.6 Å². The molecule has 1 aliphatic rings. The van der Waals surface area contributed by atoms with E-state index in [1.165, 1.54) is 4.68 Å². The number of hydrogen-bond acceptors (Lipinski definition) is 3. The summed E-state index contributed by atoms with van der Waals surface area (Å²) in [4.78, 5) is 12.7. The molecule has 0 saturated heterocycles. The highest BCUT2D eigenvalue weighted by molar-refractivity contribution is 6.30. The number of aryl methyl sites for hydroxylation is 1. The minimum Gasteiger partial charge on any atom is -0.265 e. The molecule has 3 aromatic rings. The summed E-state index contributed by atoms with van der Waals surface area (Å²) in [6.07, 6.45) is 4.01. The van der Waals surface area contributed by atoms with Gasteiger partial charge in [0.1, 0.15) is 5.52 Å². The van der Waals surface area contributed by atoms with Gasteiger partial charge in [-0.25, -0.2) is 9.36 Å². The highest BCUT2D eigenvalue weighted by Gasteiger charge is 2.30. The summed E-state index contributed by atoms with van der Waals surface area (Å²) in [5.74, 6) is 0.456. The molecule has 4 rings (SSSR count). The lowest BCUT2D eigenvalue weighted by Gasteiger charge is -2.08.